The zero-order valence-electron chi connectivity index (χ0n) is 16.1. The number of thioether (sulfide) groups is 1. The van der Waals surface area contributed by atoms with E-state index >= 15 is 0 Å². The number of nitrogens with zero attached hydrogens (tertiary/aromatic N) is 3. The van der Waals surface area contributed by atoms with Gasteiger partial charge in [-0.2, -0.15) is 0 Å². The fourth-order valence-corrected chi connectivity index (χ4v) is 4.41. The number of carbonyl (C=O) groups excluding carboxylic acids is 1. The topological polar surface area (TPSA) is 81.1 Å². The molecular formula is C20H20ClN5O2S. The van der Waals surface area contributed by atoms with E-state index in [-0.39, 0.29) is 11.9 Å². The molecule has 0 spiro atoms. The number of amides is 1. The standard InChI is InChI=1S/C20H20ClN5O2S/c1-11-4-7-14(10-16(11)21)22-19(27)18-17(13-5-8-15(28-3)9-6-13)25-26-12(2)23-24-20(26)29-18/h4-10,17-18,25H,1-3H3,(H,22,27)/t17-,18+/m1/s1. The first-order valence-electron chi connectivity index (χ1n) is 9.02. The van der Waals surface area contributed by atoms with Crippen LogP contribution < -0.4 is 15.5 Å². The van der Waals surface area contributed by atoms with E-state index in [4.69, 9.17) is 16.3 Å². The number of benzene rings is 2. The first-order valence-corrected chi connectivity index (χ1v) is 10.3. The van der Waals surface area contributed by atoms with Crippen LogP contribution in [0, 0.1) is 13.8 Å². The van der Waals surface area contributed by atoms with Gasteiger partial charge in [0.1, 0.15) is 16.8 Å². The van der Waals surface area contributed by atoms with Crippen molar-refractivity contribution in [2.45, 2.75) is 30.3 Å². The average molecular weight is 430 g/mol. The highest BCUT2D eigenvalue weighted by Crippen LogP contribution is 2.38. The Morgan fingerprint density at radius 1 is 1.21 bits per heavy atom. The Morgan fingerprint density at radius 3 is 2.66 bits per heavy atom. The van der Waals surface area contributed by atoms with Crippen molar-refractivity contribution in [3.8, 4) is 5.75 Å². The Labute approximate surface area is 177 Å². The number of methoxy groups -OCH3 is 1. The van der Waals surface area contributed by atoms with E-state index in [9.17, 15) is 4.79 Å². The molecule has 150 valence electrons. The van der Waals surface area contributed by atoms with Crippen LogP contribution in [0.1, 0.15) is 23.0 Å². The molecule has 2 heterocycles. The van der Waals surface area contributed by atoms with E-state index in [0.29, 0.717) is 15.9 Å². The predicted molar refractivity (Wildman–Crippen MR) is 114 cm³/mol. The molecule has 0 saturated carbocycles. The second kappa shape index (κ2) is 7.96. The molecule has 1 aliphatic rings. The third-order valence-electron chi connectivity index (χ3n) is 4.77. The number of fused-ring (bicyclic) bond motifs is 1. The van der Waals surface area contributed by atoms with Crippen molar-refractivity contribution >= 4 is 35.0 Å². The molecule has 2 N–H and O–H groups in total. The first kappa shape index (κ1) is 19.6. The molecular weight excluding hydrogens is 410 g/mol. The maximum Gasteiger partial charge on any atom is 0.240 e. The molecule has 9 heteroatoms. The zero-order chi connectivity index (χ0) is 20.5. The van der Waals surface area contributed by atoms with Gasteiger partial charge < -0.3 is 15.5 Å². The molecule has 0 aliphatic carbocycles. The highest BCUT2D eigenvalue weighted by atomic mass is 35.5. The number of aryl methyl sites for hydroxylation is 2. The molecule has 7 nitrogen and oxygen atoms in total. The summed E-state index contributed by atoms with van der Waals surface area (Å²) in [5.41, 5.74) is 5.95. The third kappa shape index (κ3) is 3.90. The van der Waals surface area contributed by atoms with Crippen molar-refractivity contribution in [1.29, 1.82) is 0 Å². The summed E-state index contributed by atoms with van der Waals surface area (Å²) in [7, 11) is 1.62. The van der Waals surface area contributed by atoms with E-state index in [1.807, 2.05) is 54.9 Å². The van der Waals surface area contributed by atoms with Crippen LogP contribution in [0.25, 0.3) is 0 Å². The summed E-state index contributed by atoms with van der Waals surface area (Å²) in [6.07, 6.45) is 0. The van der Waals surface area contributed by atoms with Crippen LogP contribution in [0.15, 0.2) is 47.6 Å². The lowest BCUT2D eigenvalue weighted by atomic mass is 10.0. The molecule has 1 amide bonds. The van der Waals surface area contributed by atoms with E-state index in [1.54, 1.807) is 13.2 Å². The fraction of sp³-hybridized carbons (Fsp3) is 0.250. The molecule has 1 aromatic heterocycles. The number of ether oxygens (including phenoxy) is 1. The van der Waals surface area contributed by atoms with Crippen molar-refractivity contribution in [2.75, 3.05) is 17.9 Å². The minimum atomic E-state index is -0.459. The van der Waals surface area contributed by atoms with Gasteiger partial charge >= 0.3 is 0 Å². The summed E-state index contributed by atoms with van der Waals surface area (Å²) in [5, 5.41) is 12.1. The summed E-state index contributed by atoms with van der Waals surface area (Å²) in [5.74, 6) is 1.35. The number of carbonyl (C=O) groups is 1. The summed E-state index contributed by atoms with van der Waals surface area (Å²) >= 11 is 7.58. The lowest BCUT2D eigenvalue weighted by Gasteiger charge is -2.32. The maximum absolute atomic E-state index is 13.2. The number of hydrogen-bond acceptors (Lipinski definition) is 6. The Kier molecular flexibility index (Phi) is 5.38. The summed E-state index contributed by atoms with van der Waals surface area (Å²) in [6.45, 7) is 3.79. The number of nitrogens with one attached hydrogen (secondary N) is 2. The van der Waals surface area contributed by atoms with Crippen molar-refractivity contribution in [2.24, 2.45) is 0 Å². The molecule has 29 heavy (non-hydrogen) atoms. The van der Waals surface area contributed by atoms with Gasteiger partial charge in [-0.25, -0.2) is 4.68 Å². The maximum atomic E-state index is 13.2. The third-order valence-corrected chi connectivity index (χ3v) is 6.39. The van der Waals surface area contributed by atoms with Gasteiger partial charge in [0.15, 0.2) is 0 Å². The zero-order valence-corrected chi connectivity index (χ0v) is 17.7. The average Bonchev–Trinajstić information content (AvgIpc) is 3.10. The molecule has 0 unspecified atom stereocenters. The van der Waals surface area contributed by atoms with Crippen LogP contribution >= 0.6 is 23.4 Å². The molecule has 0 fully saturated rings. The number of rotatable bonds is 4. The van der Waals surface area contributed by atoms with Gasteiger partial charge in [-0.1, -0.05) is 41.6 Å². The molecule has 0 saturated heterocycles. The van der Waals surface area contributed by atoms with Crippen LogP contribution in [0.5, 0.6) is 5.75 Å². The number of aromatic nitrogens is 3. The molecule has 1 aliphatic heterocycles. The monoisotopic (exact) mass is 429 g/mol. The Bertz CT molecular complexity index is 1050. The van der Waals surface area contributed by atoms with Gasteiger partial charge in [-0.3, -0.25) is 4.79 Å². The molecule has 0 radical (unpaired) electrons. The Balaban J connectivity index is 1.65. The molecule has 3 aromatic rings. The van der Waals surface area contributed by atoms with Crippen LogP contribution in [0.2, 0.25) is 5.02 Å². The lowest BCUT2D eigenvalue weighted by molar-refractivity contribution is -0.116. The van der Waals surface area contributed by atoms with Gasteiger partial charge in [0.25, 0.3) is 0 Å². The van der Waals surface area contributed by atoms with Crippen LogP contribution in [0.4, 0.5) is 5.69 Å². The molecule has 2 aromatic carbocycles. The minimum absolute atomic E-state index is 0.143. The van der Waals surface area contributed by atoms with E-state index in [2.05, 4.69) is 20.9 Å². The summed E-state index contributed by atoms with van der Waals surface area (Å²) in [6, 6.07) is 12.9. The van der Waals surface area contributed by atoms with Gasteiger partial charge in [0.05, 0.1) is 13.2 Å². The largest absolute Gasteiger partial charge is 0.497 e. The van der Waals surface area contributed by atoms with Crippen molar-refractivity contribution in [1.82, 2.24) is 14.9 Å². The predicted octanol–water partition coefficient (Wildman–Crippen LogP) is 3.95. The second-order valence-corrected chi connectivity index (χ2v) is 8.25. The second-order valence-electron chi connectivity index (χ2n) is 6.74. The van der Waals surface area contributed by atoms with Crippen LogP contribution in [0.3, 0.4) is 0 Å². The van der Waals surface area contributed by atoms with Crippen molar-refractivity contribution < 1.29 is 9.53 Å². The minimum Gasteiger partial charge on any atom is -0.497 e. The van der Waals surface area contributed by atoms with Crippen molar-refractivity contribution in [3.05, 3.63) is 64.4 Å². The molecule has 4 rings (SSSR count). The summed E-state index contributed by atoms with van der Waals surface area (Å²) in [4.78, 5) is 13.2. The quantitative estimate of drug-likeness (QED) is 0.653. The Morgan fingerprint density at radius 2 is 1.97 bits per heavy atom. The van der Waals surface area contributed by atoms with E-state index < -0.39 is 5.25 Å². The van der Waals surface area contributed by atoms with Gasteiger partial charge in [-0.15, -0.1) is 10.2 Å². The SMILES string of the molecule is COc1ccc([C@H]2Nn3c(C)nnc3S[C@@H]2C(=O)Nc2ccc(C)c(Cl)c2)cc1. The lowest BCUT2D eigenvalue weighted by Crippen LogP contribution is -2.41. The highest BCUT2D eigenvalue weighted by Gasteiger charge is 2.37. The Hall–Kier alpha value is -2.71. The van der Waals surface area contributed by atoms with Crippen LogP contribution in [-0.4, -0.2) is 33.1 Å². The normalized spacial score (nSPS) is 17.9. The van der Waals surface area contributed by atoms with E-state index in [0.717, 1.165) is 22.7 Å². The van der Waals surface area contributed by atoms with Gasteiger partial charge in [-0.05, 0) is 49.2 Å². The molecule has 2 atom stereocenters. The molecule has 0 bridgehead atoms. The highest BCUT2D eigenvalue weighted by molar-refractivity contribution is 8.00. The summed E-state index contributed by atoms with van der Waals surface area (Å²) < 4.78 is 7.06. The first-order chi connectivity index (χ1) is 14.0. The smallest absolute Gasteiger partial charge is 0.240 e. The number of hydrogen-bond donors (Lipinski definition) is 2. The van der Waals surface area contributed by atoms with Gasteiger partial charge in [0.2, 0.25) is 11.1 Å². The van der Waals surface area contributed by atoms with E-state index in [1.165, 1.54) is 11.8 Å². The van der Waals surface area contributed by atoms with Crippen LogP contribution in [-0.2, 0) is 4.79 Å². The number of anilines is 1. The fourth-order valence-electron chi connectivity index (χ4n) is 3.11. The van der Waals surface area contributed by atoms with Crippen molar-refractivity contribution in [3.63, 3.8) is 0 Å². The number of halogens is 1. The van der Waals surface area contributed by atoms with Gasteiger partial charge in [0, 0.05) is 10.7 Å².